The highest BCUT2D eigenvalue weighted by Gasteiger charge is 2.16. The molecule has 0 aliphatic heterocycles. The molecule has 0 unspecified atom stereocenters. The summed E-state index contributed by atoms with van der Waals surface area (Å²) in [5, 5.41) is 11.1. The highest BCUT2D eigenvalue weighted by atomic mass is 19.1. The number of halogens is 1. The fourth-order valence-corrected chi connectivity index (χ4v) is 1.33. The normalized spacial score (nSPS) is 10.7. The molecule has 0 saturated carbocycles. The van der Waals surface area contributed by atoms with Crippen LogP contribution in [0, 0.1) is 5.82 Å². The Bertz CT molecular complexity index is 611. The maximum atomic E-state index is 13.6. The van der Waals surface area contributed by atoms with Gasteiger partial charge in [-0.3, -0.25) is 0 Å². The minimum Gasteiger partial charge on any atom is -0.478 e. The Morgan fingerprint density at radius 3 is 2.43 bits per heavy atom. The summed E-state index contributed by atoms with van der Waals surface area (Å²) in [6.45, 7) is 0. The summed E-state index contributed by atoms with van der Waals surface area (Å²) in [6.07, 6.45) is 0.763. The van der Waals surface area contributed by atoms with E-state index in [2.05, 4.69) is 14.8 Å². The number of benzene rings is 1. The third-order valence-corrected chi connectivity index (χ3v) is 2.35. The highest BCUT2D eigenvalue weighted by Crippen LogP contribution is 2.18. The molecule has 0 amide bonds. The molecule has 0 heterocycles. The van der Waals surface area contributed by atoms with Crippen LogP contribution in [-0.2, 0) is 19.1 Å². The number of ether oxygens (including phenoxy) is 2. The molecule has 0 atom stereocenters. The van der Waals surface area contributed by atoms with Crippen LogP contribution in [0.3, 0.4) is 0 Å². The number of carboxylic acids is 1. The van der Waals surface area contributed by atoms with Crippen molar-refractivity contribution in [3.8, 4) is 0 Å². The second kappa shape index (κ2) is 7.04. The van der Waals surface area contributed by atoms with Gasteiger partial charge in [0.05, 0.1) is 31.5 Å². The van der Waals surface area contributed by atoms with Crippen LogP contribution < -0.4 is 5.32 Å². The third-order valence-electron chi connectivity index (χ3n) is 2.35. The molecule has 0 bridgehead atoms. The van der Waals surface area contributed by atoms with Gasteiger partial charge in [-0.25, -0.2) is 18.8 Å². The van der Waals surface area contributed by atoms with Gasteiger partial charge in [-0.1, -0.05) is 0 Å². The van der Waals surface area contributed by atoms with E-state index in [0.717, 1.165) is 38.5 Å². The molecule has 2 N–H and O–H groups in total. The predicted molar refractivity (Wildman–Crippen MR) is 69.1 cm³/mol. The van der Waals surface area contributed by atoms with E-state index in [0.29, 0.717) is 0 Å². The number of carboxylic acid groups (broad SMARTS) is 1. The summed E-state index contributed by atoms with van der Waals surface area (Å²) in [4.78, 5) is 33.5. The minimum atomic E-state index is -1.27. The second-order valence-electron chi connectivity index (χ2n) is 3.70. The van der Waals surface area contributed by atoms with Gasteiger partial charge in [0.15, 0.2) is 0 Å². The van der Waals surface area contributed by atoms with Crippen LogP contribution in [0.2, 0.25) is 0 Å². The molecular weight excluding hydrogens is 285 g/mol. The lowest BCUT2D eigenvalue weighted by molar-refractivity contribution is -0.138. The predicted octanol–water partition coefficient (Wildman–Crippen LogP) is 1.17. The average Bonchev–Trinajstić information content (AvgIpc) is 2.47. The van der Waals surface area contributed by atoms with Gasteiger partial charge >= 0.3 is 17.9 Å². The van der Waals surface area contributed by atoms with Gasteiger partial charge < -0.3 is 19.9 Å². The summed E-state index contributed by atoms with van der Waals surface area (Å²) < 4.78 is 22.4. The quantitative estimate of drug-likeness (QED) is 0.621. The Morgan fingerprint density at radius 2 is 1.90 bits per heavy atom. The van der Waals surface area contributed by atoms with E-state index in [9.17, 15) is 18.8 Å². The van der Waals surface area contributed by atoms with Crippen LogP contribution >= 0.6 is 0 Å². The SMILES string of the molecule is COC(=O)/C=C(/Nc1cc(C(=O)O)ccc1F)C(=O)OC. The first kappa shape index (κ1) is 16.2. The first-order valence-electron chi connectivity index (χ1n) is 5.57. The Hall–Kier alpha value is -2.90. The summed E-state index contributed by atoms with van der Waals surface area (Å²) in [7, 11) is 2.17. The molecule has 7 nitrogen and oxygen atoms in total. The van der Waals surface area contributed by atoms with Crippen molar-refractivity contribution in [1.82, 2.24) is 0 Å². The number of hydrogen-bond acceptors (Lipinski definition) is 6. The monoisotopic (exact) mass is 297 g/mol. The molecule has 0 fully saturated rings. The summed E-state index contributed by atoms with van der Waals surface area (Å²) in [5.74, 6) is -3.88. The molecule has 0 aliphatic carbocycles. The molecule has 0 saturated heterocycles. The number of methoxy groups -OCH3 is 2. The van der Waals surface area contributed by atoms with Crippen molar-refractivity contribution < 1.29 is 33.4 Å². The lowest BCUT2D eigenvalue weighted by Gasteiger charge is -2.10. The molecule has 1 aromatic rings. The molecule has 0 spiro atoms. The van der Waals surface area contributed by atoms with E-state index in [1.165, 1.54) is 0 Å². The van der Waals surface area contributed by atoms with Crippen molar-refractivity contribution in [2.24, 2.45) is 0 Å². The first-order valence-corrected chi connectivity index (χ1v) is 5.57. The number of rotatable bonds is 5. The number of carbonyl (C=O) groups excluding carboxylic acids is 2. The molecular formula is C13H12FNO6. The second-order valence-corrected chi connectivity index (χ2v) is 3.70. The van der Waals surface area contributed by atoms with Gasteiger partial charge in [0, 0.05) is 0 Å². The fraction of sp³-hybridized carbons (Fsp3) is 0.154. The number of carbonyl (C=O) groups is 3. The Kier molecular flexibility index (Phi) is 5.41. The summed E-state index contributed by atoms with van der Waals surface area (Å²) in [6, 6.07) is 2.95. The van der Waals surface area contributed by atoms with Crippen LogP contribution in [0.4, 0.5) is 10.1 Å². The van der Waals surface area contributed by atoms with Crippen LogP contribution in [0.5, 0.6) is 0 Å². The zero-order valence-corrected chi connectivity index (χ0v) is 11.2. The van der Waals surface area contributed by atoms with Crippen LogP contribution in [-0.4, -0.2) is 37.2 Å². The van der Waals surface area contributed by atoms with Crippen molar-refractivity contribution in [2.45, 2.75) is 0 Å². The topological polar surface area (TPSA) is 102 Å². The minimum absolute atomic E-state index is 0.193. The third kappa shape index (κ3) is 4.30. The van der Waals surface area contributed by atoms with Crippen molar-refractivity contribution in [3.63, 3.8) is 0 Å². The smallest absolute Gasteiger partial charge is 0.354 e. The van der Waals surface area contributed by atoms with Crippen molar-refractivity contribution >= 4 is 23.6 Å². The Morgan fingerprint density at radius 1 is 1.24 bits per heavy atom. The van der Waals surface area contributed by atoms with Gasteiger partial charge in [0.1, 0.15) is 11.5 Å². The molecule has 8 heteroatoms. The average molecular weight is 297 g/mol. The van der Waals surface area contributed by atoms with Gasteiger partial charge in [0.25, 0.3) is 0 Å². The lowest BCUT2D eigenvalue weighted by Crippen LogP contribution is -2.16. The zero-order valence-electron chi connectivity index (χ0n) is 11.2. The number of hydrogen-bond donors (Lipinski definition) is 2. The van der Waals surface area contributed by atoms with E-state index >= 15 is 0 Å². The van der Waals surface area contributed by atoms with E-state index in [1.807, 2.05) is 0 Å². The van der Waals surface area contributed by atoms with E-state index in [4.69, 9.17) is 5.11 Å². The maximum Gasteiger partial charge on any atom is 0.354 e. The van der Waals surface area contributed by atoms with E-state index < -0.39 is 29.4 Å². The molecule has 1 aromatic carbocycles. The van der Waals surface area contributed by atoms with Crippen molar-refractivity contribution in [1.29, 1.82) is 0 Å². The van der Waals surface area contributed by atoms with Crippen LogP contribution in [0.25, 0.3) is 0 Å². The molecule has 0 aromatic heterocycles. The summed E-state index contributed by atoms with van der Waals surface area (Å²) >= 11 is 0. The van der Waals surface area contributed by atoms with Crippen LogP contribution in [0.15, 0.2) is 30.0 Å². The highest BCUT2D eigenvalue weighted by molar-refractivity contribution is 5.99. The molecule has 21 heavy (non-hydrogen) atoms. The maximum absolute atomic E-state index is 13.6. The molecule has 0 radical (unpaired) electrons. The van der Waals surface area contributed by atoms with E-state index in [1.54, 1.807) is 0 Å². The number of aromatic carboxylic acids is 1. The molecule has 112 valence electrons. The lowest BCUT2D eigenvalue weighted by atomic mass is 10.2. The zero-order chi connectivity index (χ0) is 16.0. The number of nitrogens with one attached hydrogen (secondary N) is 1. The molecule has 0 aliphatic rings. The van der Waals surface area contributed by atoms with Gasteiger partial charge in [-0.15, -0.1) is 0 Å². The van der Waals surface area contributed by atoms with Crippen molar-refractivity contribution in [3.05, 3.63) is 41.4 Å². The first-order chi connectivity index (χ1) is 9.88. The van der Waals surface area contributed by atoms with Gasteiger partial charge in [0.2, 0.25) is 0 Å². The van der Waals surface area contributed by atoms with E-state index in [-0.39, 0.29) is 11.3 Å². The Balaban J connectivity index is 3.17. The van der Waals surface area contributed by atoms with Crippen LogP contribution in [0.1, 0.15) is 10.4 Å². The standard InChI is InChI=1S/C13H12FNO6/c1-20-11(16)6-10(13(19)21-2)15-9-5-7(12(17)18)3-4-8(9)14/h3-6,15H,1-2H3,(H,17,18)/b10-6+. The Labute approximate surface area is 119 Å². The number of anilines is 1. The fourth-order valence-electron chi connectivity index (χ4n) is 1.33. The van der Waals surface area contributed by atoms with Gasteiger partial charge in [-0.2, -0.15) is 0 Å². The van der Waals surface area contributed by atoms with Gasteiger partial charge in [-0.05, 0) is 18.2 Å². The largest absolute Gasteiger partial charge is 0.478 e. The summed E-state index contributed by atoms with van der Waals surface area (Å²) in [5.41, 5.74) is -0.887. The van der Waals surface area contributed by atoms with Crippen molar-refractivity contribution in [2.75, 3.05) is 19.5 Å². The number of esters is 2. The molecule has 1 rings (SSSR count).